The molecule has 1 atom stereocenters. The van der Waals surface area contributed by atoms with E-state index in [2.05, 4.69) is 10.6 Å². The fourth-order valence-electron chi connectivity index (χ4n) is 4.11. The Hall–Kier alpha value is -2.87. The van der Waals surface area contributed by atoms with E-state index in [4.69, 9.17) is 4.74 Å². The summed E-state index contributed by atoms with van der Waals surface area (Å²) in [6, 6.07) is 10.1. The van der Waals surface area contributed by atoms with Gasteiger partial charge in [-0.1, -0.05) is 44.4 Å². The summed E-state index contributed by atoms with van der Waals surface area (Å²) in [5, 5.41) is 7.68. The number of nitrogens with one attached hydrogen (secondary N) is 2. The topological polar surface area (TPSA) is 87.7 Å². The van der Waals surface area contributed by atoms with E-state index < -0.39 is 6.04 Å². The number of carbonyl (C=O) groups is 3. The molecule has 3 amide bonds. The second kappa shape index (κ2) is 12.4. The average Bonchev–Trinajstić information content (AvgIpc) is 3.54. The molecule has 8 heteroatoms. The maximum Gasteiger partial charge on any atom is 0.261 e. The number of thiophene rings is 1. The van der Waals surface area contributed by atoms with Crippen LogP contribution in [-0.4, -0.2) is 48.9 Å². The van der Waals surface area contributed by atoms with Gasteiger partial charge in [0.1, 0.15) is 11.8 Å². The first-order chi connectivity index (χ1) is 16.0. The molecule has 1 fully saturated rings. The second-order valence-electron chi connectivity index (χ2n) is 8.27. The molecule has 3 rings (SSSR count). The highest BCUT2D eigenvalue weighted by atomic mass is 32.1. The van der Waals surface area contributed by atoms with Crippen LogP contribution in [0.4, 0.5) is 0 Å². The van der Waals surface area contributed by atoms with Crippen LogP contribution >= 0.6 is 11.3 Å². The third-order valence-electron chi connectivity index (χ3n) is 5.89. The maximum absolute atomic E-state index is 13.5. The largest absolute Gasteiger partial charge is 0.497 e. The van der Waals surface area contributed by atoms with Crippen LogP contribution in [0.2, 0.25) is 0 Å². The lowest BCUT2D eigenvalue weighted by molar-refractivity contribution is -0.140. The molecule has 0 spiro atoms. The average molecular weight is 472 g/mol. The van der Waals surface area contributed by atoms with E-state index in [1.54, 1.807) is 30.2 Å². The van der Waals surface area contributed by atoms with Gasteiger partial charge in [0.05, 0.1) is 18.5 Å². The summed E-state index contributed by atoms with van der Waals surface area (Å²) in [6.07, 6.45) is 5.74. The molecule has 0 radical (unpaired) electrons. The van der Waals surface area contributed by atoms with Crippen LogP contribution in [0.3, 0.4) is 0 Å². The van der Waals surface area contributed by atoms with Crippen molar-refractivity contribution in [2.24, 2.45) is 0 Å². The highest BCUT2D eigenvalue weighted by molar-refractivity contribution is 7.12. The van der Waals surface area contributed by atoms with Crippen LogP contribution in [0, 0.1) is 0 Å². The predicted molar refractivity (Wildman–Crippen MR) is 129 cm³/mol. The van der Waals surface area contributed by atoms with Crippen molar-refractivity contribution < 1.29 is 19.1 Å². The first-order valence-corrected chi connectivity index (χ1v) is 12.5. The SMILES string of the molecule is CCCCN(C(=O)CNC(=O)c1cccs1)[C@@H](C(=O)NC1CCCC1)c1cccc(OC)c1. The third kappa shape index (κ3) is 6.81. The fourth-order valence-corrected chi connectivity index (χ4v) is 4.75. The van der Waals surface area contributed by atoms with E-state index in [9.17, 15) is 14.4 Å². The third-order valence-corrected chi connectivity index (χ3v) is 6.76. The van der Waals surface area contributed by atoms with Crippen LogP contribution in [0.5, 0.6) is 5.75 Å². The van der Waals surface area contributed by atoms with E-state index in [0.29, 0.717) is 22.7 Å². The molecule has 2 aromatic rings. The van der Waals surface area contributed by atoms with E-state index in [1.165, 1.54) is 11.3 Å². The van der Waals surface area contributed by atoms with Crippen LogP contribution in [0.1, 0.15) is 66.7 Å². The fraction of sp³-hybridized carbons (Fsp3) is 0.480. The van der Waals surface area contributed by atoms with Gasteiger partial charge in [-0.25, -0.2) is 0 Å². The Morgan fingerprint density at radius 1 is 1.18 bits per heavy atom. The molecule has 1 aromatic carbocycles. The van der Waals surface area contributed by atoms with Crippen LogP contribution in [-0.2, 0) is 9.59 Å². The number of carbonyl (C=O) groups excluding carboxylic acids is 3. The quantitative estimate of drug-likeness (QED) is 0.520. The molecule has 7 nitrogen and oxygen atoms in total. The number of methoxy groups -OCH3 is 1. The maximum atomic E-state index is 13.5. The number of hydrogen-bond donors (Lipinski definition) is 2. The summed E-state index contributed by atoms with van der Waals surface area (Å²) in [6.45, 7) is 2.29. The number of ether oxygens (including phenoxy) is 1. The van der Waals surface area contributed by atoms with Gasteiger partial charge in [-0.2, -0.15) is 0 Å². The molecule has 0 saturated heterocycles. The number of nitrogens with zero attached hydrogens (tertiary/aromatic N) is 1. The lowest BCUT2D eigenvalue weighted by atomic mass is 10.0. The zero-order valence-electron chi connectivity index (χ0n) is 19.3. The van der Waals surface area contributed by atoms with Gasteiger partial charge in [-0.3, -0.25) is 14.4 Å². The summed E-state index contributed by atoms with van der Waals surface area (Å²) in [5.41, 5.74) is 0.693. The molecule has 1 aliphatic carbocycles. The van der Waals surface area contributed by atoms with Gasteiger partial charge in [-0.05, 0) is 48.4 Å². The molecular formula is C25H33N3O4S. The number of hydrogen-bond acceptors (Lipinski definition) is 5. The molecule has 1 heterocycles. The predicted octanol–water partition coefficient (Wildman–Crippen LogP) is 3.92. The second-order valence-corrected chi connectivity index (χ2v) is 9.22. The Bertz CT molecular complexity index is 925. The van der Waals surface area contributed by atoms with Gasteiger partial charge >= 0.3 is 0 Å². The molecule has 178 valence electrons. The molecule has 1 saturated carbocycles. The van der Waals surface area contributed by atoms with Gasteiger partial charge in [0.25, 0.3) is 5.91 Å². The Balaban J connectivity index is 1.84. The number of benzene rings is 1. The van der Waals surface area contributed by atoms with E-state index in [1.807, 2.05) is 30.5 Å². The standard InChI is InChI=1S/C25H33N3O4S/c1-3-4-14-28(22(29)17-26-24(30)21-13-8-15-33-21)23(18-9-7-12-20(16-18)32-2)25(31)27-19-10-5-6-11-19/h7-9,12-13,15-16,19,23H,3-6,10-11,14,17H2,1-2H3,(H,26,30)(H,27,31)/t23-/m1/s1. The molecule has 33 heavy (non-hydrogen) atoms. The molecule has 1 aliphatic rings. The summed E-state index contributed by atoms with van der Waals surface area (Å²) < 4.78 is 5.37. The van der Waals surface area contributed by atoms with Crippen LogP contribution in [0.25, 0.3) is 0 Å². The summed E-state index contributed by atoms with van der Waals surface area (Å²) in [4.78, 5) is 41.3. The van der Waals surface area contributed by atoms with Crippen molar-refractivity contribution >= 4 is 29.1 Å². The van der Waals surface area contributed by atoms with Crippen LogP contribution in [0.15, 0.2) is 41.8 Å². The van der Waals surface area contributed by atoms with Gasteiger partial charge in [0, 0.05) is 12.6 Å². The number of rotatable bonds is 11. The molecule has 2 N–H and O–H groups in total. The van der Waals surface area contributed by atoms with Crippen molar-refractivity contribution in [1.29, 1.82) is 0 Å². The van der Waals surface area contributed by atoms with Gasteiger partial charge in [0.2, 0.25) is 11.8 Å². The van der Waals surface area contributed by atoms with Crippen molar-refractivity contribution in [3.05, 3.63) is 52.2 Å². The number of unbranched alkanes of at least 4 members (excludes halogenated alkanes) is 1. The van der Waals surface area contributed by atoms with Gasteiger partial charge < -0.3 is 20.3 Å². The smallest absolute Gasteiger partial charge is 0.261 e. The van der Waals surface area contributed by atoms with E-state index >= 15 is 0 Å². The molecule has 0 aliphatic heterocycles. The molecular weight excluding hydrogens is 438 g/mol. The van der Waals surface area contributed by atoms with Crippen molar-refractivity contribution in [3.8, 4) is 5.75 Å². The summed E-state index contributed by atoms with van der Waals surface area (Å²) >= 11 is 1.32. The highest BCUT2D eigenvalue weighted by Gasteiger charge is 2.33. The Morgan fingerprint density at radius 3 is 2.64 bits per heavy atom. The van der Waals surface area contributed by atoms with Crippen molar-refractivity contribution in [2.75, 3.05) is 20.2 Å². The first kappa shape index (κ1) is 24.8. The first-order valence-electron chi connectivity index (χ1n) is 11.6. The van der Waals surface area contributed by atoms with E-state index in [0.717, 1.165) is 38.5 Å². The summed E-state index contributed by atoms with van der Waals surface area (Å²) in [7, 11) is 1.58. The lowest BCUT2D eigenvalue weighted by Crippen LogP contribution is -2.49. The minimum atomic E-state index is -0.793. The van der Waals surface area contributed by atoms with Crippen molar-refractivity contribution in [2.45, 2.75) is 57.5 Å². The number of amides is 3. The van der Waals surface area contributed by atoms with Crippen molar-refractivity contribution in [1.82, 2.24) is 15.5 Å². The normalized spacial score (nSPS) is 14.5. The van der Waals surface area contributed by atoms with Crippen LogP contribution < -0.4 is 15.4 Å². The monoisotopic (exact) mass is 471 g/mol. The Kier molecular flexibility index (Phi) is 9.30. The lowest BCUT2D eigenvalue weighted by Gasteiger charge is -2.32. The minimum Gasteiger partial charge on any atom is -0.497 e. The minimum absolute atomic E-state index is 0.132. The molecule has 0 bridgehead atoms. The van der Waals surface area contributed by atoms with E-state index in [-0.39, 0.29) is 30.3 Å². The van der Waals surface area contributed by atoms with Gasteiger partial charge in [0.15, 0.2) is 0 Å². The Morgan fingerprint density at radius 2 is 1.97 bits per heavy atom. The zero-order valence-corrected chi connectivity index (χ0v) is 20.2. The molecule has 0 unspecified atom stereocenters. The Labute approximate surface area is 199 Å². The zero-order chi connectivity index (χ0) is 23.6. The highest BCUT2D eigenvalue weighted by Crippen LogP contribution is 2.27. The van der Waals surface area contributed by atoms with Crippen molar-refractivity contribution in [3.63, 3.8) is 0 Å². The van der Waals surface area contributed by atoms with Gasteiger partial charge in [-0.15, -0.1) is 11.3 Å². The summed E-state index contributed by atoms with van der Waals surface area (Å²) in [5.74, 6) is -0.144. The molecule has 1 aromatic heterocycles.